The number of rotatable bonds is 2. The quantitative estimate of drug-likeness (QED) is 0.582. The van der Waals surface area contributed by atoms with Crippen molar-refractivity contribution in [2.45, 2.75) is 13.0 Å². The summed E-state index contributed by atoms with van der Waals surface area (Å²) in [5, 5.41) is 12.0. The molecule has 158 valence electrons. The molecule has 0 aromatic heterocycles. The summed E-state index contributed by atoms with van der Waals surface area (Å²) in [6.07, 6.45) is 0. The van der Waals surface area contributed by atoms with Crippen LogP contribution >= 0.6 is 0 Å². The number of urea groups is 1. The number of benzene rings is 2. The number of carbonyl (C=O) groups is 1. The molecule has 7 nitrogen and oxygen atoms in total. The summed E-state index contributed by atoms with van der Waals surface area (Å²) >= 11 is 0. The number of hydrogen-bond acceptors (Lipinski definition) is 5. The van der Waals surface area contributed by atoms with E-state index < -0.39 is 35.3 Å². The van der Waals surface area contributed by atoms with Crippen LogP contribution in [0.25, 0.3) is 0 Å². The fourth-order valence-electron chi connectivity index (χ4n) is 3.40. The molecule has 2 amide bonds. The van der Waals surface area contributed by atoms with Crippen molar-refractivity contribution in [2.75, 3.05) is 18.9 Å². The Morgan fingerprint density at radius 1 is 1.13 bits per heavy atom. The van der Waals surface area contributed by atoms with E-state index in [0.29, 0.717) is 11.3 Å². The average Bonchev–Trinajstić information content (AvgIpc) is 3.17. The molecule has 1 N–H and O–H groups in total. The molecule has 2 aromatic carbocycles. The number of hydrogen-bond donors (Lipinski definition) is 1. The third kappa shape index (κ3) is 3.35. The molecule has 4 rings (SSSR count). The fraction of sp³-hybridized carbons (Fsp3) is 0.200. The van der Waals surface area contributed by atoms with Gasteiger partial charge in [-0.2, -0.15) is 10.3 Å². The van der Waals surface area contributed by atoms with Crippen molar-refractivity contribution in [2.24, 2.45) is 9.98 Å². The number of guanidine groups is 2. The molecule has 0 aliphatic carbocycles. The Kier molecular flexibility index (Phi) is 4.85. The number of nitrogens with one attached hydrogen (secondary N) is 1. The molecular formula is C20H14F4N6O. The molecule has 0 fully saturated rings. The minimum absolute atomic E-state index is 0.0179. The monoisotopic (exact) mass is 430 g/mol. The second-order valence-electron chi connectivity index (χ2n) is 6.99. The molecule has 0 spiro atoms. The van der Waals surface area contributed by atoms with Gasteiger partial charge in [-0.25, -0.2) is 27.3 Å². The average molecular weight is 430 g/mol. The lowest BCUT2D eigenvalue weighted by Gasteiger charge is -2.35. The molecule has 0 saturated heterocycles. The summed E-state index contributed by atoms with van der Waals surface area (Å²) in [5.74, 6) is -4.88. The van der Waals surface area contributed by atoms with Crippen LogP contribution in [0, 0.1) is 41.5 Å². The SMILES string of the molecule is Cc1cc(F)c(C#N)cc1NC1=NC(=O)N(C)C2=NCC(c3cc(F)c(F)c(F)c3)N12. The Labute approximate surface area is 173 Å². The zero-order valence-corrected chi connectivity index (χ0v) is 16.3. The lowest BCUT2D eigenvalue weighted by Crippen LogP contribution is -2.53. The van der Waals surface area contributed by atoms with Crippen LogP contribution in [0.5, 0.6) is 0 Å². The highest BCUT2D eigenvalue weighted by molar-refractivity contribution is 6.17. The maximum atomic E-state index is 13.9. The van der Waals surface area contributed by atoms with Crippen LogP contribution in [0.1, 0.15) is 22.7 Å². The molecule has 0 radical (unpaired) electrons. The number of aliphatic imine (C=N–C) groups is 2. The van der Waals surface area contributed by atoms with Crippen molar-refractivity contribution in [1.82, 2.24) is 9.80 Å². The van der Waals surface area contributed by atoms with E-state index in [1.165, 1.54) is 18.0 Å². The van der Waals surface area contributed by atoms with E-state index in [1.54, 1.807) is 13.0 Å². The third-order valence-electron chi connectivity index (χ3n) is 5.02. The van der Waals surface area contributed by atoms with Gasteiger partial charge in [-0.3, -0.25) is 9.80 Å². The minimum Gasteiger partial charge on any atom is -0.325 e. The predicted octanol–water partition coefficient (Wildman–Crippen LogP) is 3.67. The van der Waals surface area contributed by atoms with Gasteiger partial charge in [0.15, 0.2) is 17.5 Å². The summed E-state index contributed by atoms with van der Waals surface area (Å²) in [4.78, 5) is 23.1. The van der Waals surface area contributed by atoms with Gasteiger partial charge in [0.1, 0.15) is 11.9 Å². The van der Waals surface area contributed by atoms with Crippen molar-refractivity contribution < 1.29 is 22.4 Å². The Bertz CT molecular complexity index is 1200. The summed E-state index contributed by atoms with van der Waals surface area (Å²) in [6, 6.07) is 4.40. The molecule has 2 aliphatic rings. The molecule has 1 unspecified atom stereocenters. The van der Waals surface area contributed by atoms with E-state index in [-0.39, 0.29) is 29.6 Å². The van der Waals surface area contributed by atoms with E-state index in [2.05, 4.69) is 15.3 Å². The lowest BCUT2D eigenvalue weighted by atomic mass is 10.1. The van der Waals surface area contributed by atoms with Crippen LogP contribution in [0.4, 0.5) is 28.0 Å². The highest BCUT2D eigenvalue weighted by Gasteiger charge is 2.41. The maximum absolute atomic E-state index is 13.9. The van der Waals surface area contributed by atoms with Gasteiger partial charge >= 0.3 is 6.03 Å². The van der Waals surface area contributed by atoms with Crippen LogP contribution in [0.15, 0.2) is 34.3 Å². The van der Waals surface area contributed by atoms with E-state index in [1.807, 2.05) is 0 Å². The molecule has 1 atom stereocenters. The predicted molar refractivity (Wildman–Crippen MR) is 103 cm³/mol. The normalized spacial score (nSPS) is 17.8. The first-order chi connectivity index (χ1) is 14.7. The van der Waals surface area contributed by atoms with E-state index in [0.717, 1.165) is 23.1 Å². The molecular weight excluding hydrogens is 416 g/mol. The first kappa shape index (κ1) is 20.3. The van der Waals surface area contributed by atoms with Crippen LogP contribution in [0.2, 0.25) is 0 Å². The van der Waals surface area contributed by atoms with Crippen molar-refractivity contribution in [3.8, 4) is 6.07 Å². The Hall–Kier alpha value is -3.94. The largest absolute Gasteiger partial charge is 0.353 e. The number of anilines is 1. The lowest BCUT2D eigenvalue weighted by molar-refractivity contribution is 0.230. The topological polar surface area (TPSA) is 84.1 Å². The van der Waals surface area contributed by atoms with Crippen LogP contribution in [-0.4, -0.2) is 41.3 Å². The Balaban J connectivity index is 1.77. The zero-order chi connectivity index (χ0) is 22.4. The smallest absolute Gasteiger partial charge is 0.325 e. The third-order valence-corrected chi connectivity index (χ3v) is 5.02. The summed E-state index contributed by atoms with van der Waals surface area (Å²) in [6.45, 7) is 1.61. The highest BCUT2D eigenvalue weighted by atomic mass is 19.2. The molecule has 2 aliphatic heterocycles. The number of amides is 2. The Morgan fingerprint density at radius 3 is 2.45 bits per heavy atom. The maximum Gasteiger partial charge on any atom is 0.353 e. The molecule has 11 heteroatoms. The summed E-state index contributed by atoms with van der Waals surface area (Å²) in [5.41, 5.74) is 0.595. The zero-order valence-electron chi connectivity index (χ0n) is 16.3. The number of nitrogens with zero attached hydrogens (tertiary/aromatic N) is 5. The van der Waals surface area contributed by atoms with E-state index >= 15 is 0 Å². The van der Waals surface area contributed by atoms with Gasteiger partial charge < -0.3 is 5.32 Å². The van der Waals surface area contributed by atoms with Crippen LogP contribution in [0.3, 0.4) is 0 Å². The molecule has 0 bridgehead atoms. The highest BCUT2D eigenvalue weighted by Crippen LogP contribution is 2.32. The molecule has 0 saturated carbocycles. The van der Waals surface area contributed by atoms with Gasteiger partial charge in [-0.15, -0.1) is 0 Å². The van der Waals surface area contributed by atoms with Crippen molar-refractivity contribution in [3.05, 3.63) is 64.2 Å². The standard InChI is InChI=1S/C20H14F4N6O/c1-9-3-12(21)11(7-25)6-15(9)27-18-28-20(31)29(2)19-26-8-16(30(18)19)10-4-13(22)17(24)14(23)5-10/h3-6,16H,8H2,1-2H3,(H,27,28,31). The molecule has 2 heterocycles. The van der Waals surface area contributed by atoms with Gasteiger partial charge in [0.25, 0.3) is 0 Å². The first-order valence-corrected chi connectivity index (χ1v) is 9.03. The minimum atomic E-state index is -1.59. The van der Waals surface area contributed by atoms with Crippen LogP contribution in [-0.2, 0) is 0 Å². The summed E-state index contributed by atoms with van der Waals surface area (Å²) < 4.78 is 54.9. The van der Waals surface area contributed by atoms with Gasteiger partial charge in [0, 0.05) is 12.7 Å². The number of carbonyl (C=O) groups excluding carboxylic acids is 1. The van der Waals surface area contributed by atoms with Gasteiger partial charge in [-0.1, -0.05) is 0 Å². The number of nitriles is 1. The second-order valence-corrected chi connectivity index (χ2v) is 6.99. The first-order valence-electron chi connectivity index (χ1n) is 9.03. The summed E-state index contributed by atoms with van der Waals surface area (Å²) in [7, 11) is 1.43. The molecule has 31 heavy (non-hydrogen) atoms. The van der Waals surface area contributed by atoms with Crippen molar-refractivity contribution in [1.29, 1.82) is 5.26 Å². The number of aryl methyl sites for hydroxylation is 1. The second kappa shape index (κ2) is 7.39. The molecule has 2 aromatic rings. The van der Waals surface area contributed by atoms with E-state index in [9.17, 15) is 22.4 Å². The van der Waals surface area contributed by atoms with Gasteiger partial charge in [0.2, 0.25) is 11.9 Å². The van der Waals surface area contributed by atoms with Crippen LogP contribution < -0.4 is 5.32 Å². The van der Waals surface area contributed by atoms with Crippen molar-refractivity contribution >= 4 is 23.6 Å². The number of halogens is 4. The van der Waals surface area contributed by atoms with E-state index in [4.69, 9.17) is 5.26 Å². The van der Waals surface area contributed by atoms with Gasteiger partial charge in [-0.05, 0) is 42.3 Å². The van der Waals surface area contributed by atoms with Crippen molar-refractivity contribution in [3.63, 3.8) is 0 Å². The van der Waals surface area contributed by atoms with Gasteiger partial charge in [0.05, 0.1) is 18.2 Å². The number of fused-ring (bicyclic) bond motifs is 1. The Morgan fingerprint density at radius 2 is 1.81 bits per heavy atom. The fourth-order valence-corrected chi connectivity index (χ4v) is 3.40.